The van der Waals surface area contributed by atoms with Gasteiger partial charge in [0, 0.05) is 4.47 Å². The summed E-state index contributed by atoms with van der Waals surface area (Å²) in [6.45, 7) is 0.758. The summed E-state index contributed by atoms with van der Waals surface area (Å²) in [5.41, 5.74) is 7.31. The van der Waals surface area contributed by atoms with Crippen LogP contribution in [-0.4, -0.2) is 6.54 Å². The van der Waals surface area contributed by atoms with Gasteiger partial charge in [0.2, 0.25) is 0 Å². The fourth-order valence-electron chi connectivity index (χ4n) is 1.94. The summed E-state index contributed by atoms with van der Waals surface area (Å²) < 4.78 is 0.964. The molecule has 1 aliphatic rings. The summed E-state index contributed by atoms with van der Waals surface area (Å²) in [6.07, 6.45) is 3.58. The molecule has 0 saturated heterocycles. The van der Waals surface area contributed by atoms with Crippen LogP contribution in [-0.2, 0) is 5.41 Å². The van der Waals surface area contributed by atoms with E-state index < -0.39 is 0 Å². The highest BCUT2D eigenvalue weighted by atomic mass is 79.9. The highest BCUT2D eigenvalue weighted by molar-refractivity contribution is 9.10. The topological polar surface area (TPSA) is 26.0 Å². The van der Waals surface area contributed by atoms with E-state index in [0.29, 0.717) is 5.41 Å². The van der Waals surface area contributed by atoms with Gasteiger partial charge in [-0.25, -0.2) is 0 Å². The van der Waals surface area contributed by atoms with Crippen molar-refractivity contribution >= 4 is 27.5 Å². The average Bonchev–Trinajstić information content (AvgIpc) is 2.91. The average molecular weight is 275 g/mol. The highest BCUT2D eigenvalue weighted by Gasteiger charge is 2.43. The smallest absolute Gasteiger partial charge is 0.0551 e. The summed E-state index contributed by atoms with van der Waals surface area (Å²) in [7, 11) is 0. The molecule has 0 aliphatic heterocycles. The Bertz CT molecular complexity index is 347. The van der Waals surface area contributed by atoms with Crippen molar-refractivity contribution in [1.29, 1.82) is 0 Å². The van der Waals surface area contributed by atoms with E-state index in [0.717, 1.165) is 22.5 Å². The van der Waals surface area contributed by atoms with Crippen molar-refractivity contribution in [3.63, 3.8) is 0 Å². The lowest BCUT2D eigenvalue weighted by Crippen LogP contribution is -2.13. The molecule has 2 N–H and O–H groups in total. The van der Waals surface area contributed by atoms with Crippen LogP contribution in [0.1, 0.15) is 24.8 Å². The molecule has 0 radical (unpaired) electrons. The zero-order valence-corrected chi connectivity index (χ0v) is 10.2. The molecule has 0 amide bonds. The van der Waals surface area contributed by atoms with Gasteiger partial charge in [0.05, 0.1) is 5.02 Å². The first-order chi connectivity index (χ1) is 6.68. The van der Waals surface area contributed by atoms with E-state index in [2.05, 4.69) is 28.1 Å². The molecule has 0 unspecified atom stereocenters. The Morgan fingerprint density at radius 2 is 2.14 bits per heavy atom. The molecule has 1 aliphatic carbocycles. The van der Waals surface area contributed by atoms with Crippen LogP contribution in [0.4, 0.5) is 0 Å². The molecular weight excluding hydrogens is 261 g/mol. The first-order valence-electron chi connectivity index (χ1n) is 4.83. The van der Waals surface area contributed by atoms with E-state index in [1.54, 1.807) is 0 Å². The predicted octanol–water partition coefficient (Wildman–Crippen LogP) is 3.48. The van der Waals surface area contributed by atoms with Gasteiger partial charge in [-0.1, -0.05) is 17.7 Å². The molecule has 2 rings (SSSR count). The molecule has 0 aromatic heterocycles. The number of hydrogen-bond donors (Lipinski definition) is 1. The normalized spacial score (nSPS) is 18.2. The molecule has 1 aromatic carbocycles. The molecular formula is C11H13BrClN. The quantitative estimate of drug-likeness (QED) is 0.897. The van der Waals surface area contributed by atoms with Gasteiger partial charge in [-0.15, -0.1) is 0 Å². The van der Waals surface area contributed by atoms with Crippen molar-refractivity contribution in [2.45, 2.75) is 24.7 Å². The largest absolute Gasteiger partial charge is 0.330 e. The van der Waals surface area contributed by atoms with E-state index in [-0.39, 0.29) is 0 Å². The lowest BCUT2D eigenvalue weighted by Gasteiger charge is -2.14. The monoisotopic (exact) mass is 273 g/mol. The maximum atomic E-state index is 6.07. The van der Waals surface area contributed by atoms with Gasteiger partial charge in [-0.3, -0.25) is 0 Å². The van der Waals surface area contributed by atoms with E-state index in [9.17, 15) is 0 Å². The molecule has 0 bridgehead atoms. The summed E-state index contributed by atoms with van der Waals surface area (Å²) in [5.74, 6) is 0. The first kappa shape index (κ1) is 10.5. The minimum Gasteiger partial charge on any atom is -0.330 e. The van der Waals surface area contributed by atoms with Gasteiger partial charge in [0.25, 0.3) is 0 Å². The molecule has 1 nitrogen and oxygen atoms in total. The second-order valence-electron chi connectivity index (χ2n) is 3.95. The first-order valence-corrected chi connectivity index (χ1v) is 6.01. The Morgan fingerprint density at radius 3 is 2.64 bits per heavy atom. The van der Waals surface area contributed by atoms with Gasteiger partial charge in [-0.05, 0) is 64.8 Å². The Hall–Kier alpha value is -0.0500. The van der Waals surface area contributed by atoms with Crippen LogP contribution in [0.15, 0.2) is 22.7 Å². The van der Waals surface area contributed by atoms with Gasteiger partial charge < -0.3 is 5.73 Å². The molecule has 1 fully saturated rings. The zero-order chi connectivity index (χ0) is 10.2. The fourth-order valence-corrected chi connectivity index (χ4v) is 2.36. The molecule has 0 spiro atoms. The minimum absolute atomic E-state index is 0.346. The maximum Gasteiger partial charge on any atom is 0.0551 e. The van der Waals surface area contributed by atoms with E-state index in [4.69, 9.17) is 17.3 Å². The van der Waals surface area contributed by atoms with E-state index >= 15 is 0 Å². The number of halogens is 2. The van der Waals surface area contributed by atoms with Crippen LogP contribution in [0.5, 0.6) is 0 Å². The van der Waals surface area contributed by atoms with Gasteiger partial charge in [-0.2, -0.15) is 0 Å². The van der Waals surface area contributed by atoms with Crippen LogP contribution >= 0.6 is 27.5 Å². The molecule has 0 atom stereocenters. The van der Waals surface area contributed by atoms with Crippen LogP contribution < -0.4 is 5.73 Å². The lowest BCUT2D eigenvalue weighted by molar-refractivity contribution is 0.629. The van der Waals surface area contributed by atoms with Crippen LogP contribution in [0.2, 0.25) is 5.02 Å². The van der Waals surface area contributed by atoms with Crippen LogP contribution in [0.25, 0.3) is 0 Å². The second-order valence-corrected chi connectivity index (χ2v) is 5.21. The van der Waals surface area contributed by atoms with Gasteiger partial charge >= 0.3 is 0 Å². The Morgan fingerprint density at radius 1 is 1.43 bits per heavy atom. The fraction of sp³-hybridized carbons (Fsp3) is 0.455. The Balaban J connectivity index is 2.28. The lowest BCUT2D eigenvalue weighted by atomic mass is 9.93. The van der Waals surface area contributed by atoms with Crippen molar-refractivity contribution < 1.29 is 0 Å². The van der Waals surface area contributed by atoms with Gasteiger partial charge in [0.15, 0.2) is 0 Å². The standard InChI is InChI=1S/C11H13BrClN/c12-9-2-1-8(7-10(9)13)11(3-4-11)5-6-14/h1-2,7H,3-6,14H2. The summed E-state index contributed by atoms with van der Waals surface area (Å²) in [6, 6.07) is 6.24. The summed E-state index contributed by atoms with van der Waals surface area (Å²) in [4.78, 5) is 0. The van der Waals surface area contributed by atoms with Crippen LogP contribution in [0.3, 0.4) is 0 Å². The third-order valence-electron chi connectivity index (χ3n) is 3.01. The molecule has 3 heteroatoms. The Kier molecular flexibility index (Phi) is 2.87. The number of hydrogen-bond acceptors (Lipinski definition) is 1. The van der Waals surface area contributed by atoms with E-state index in [1.807, 2.05) is 6.07 Å². The van der Waals surface area contributed by atoms with Crippen molar-refractivity contribution in [2.24, 2.45) is 5.73 Å². The van der Waals surface area contributed by atoms with Crippen molar-refractivity contribution in [2.75, 3.05) is 6.54 Å². The molecule has 76 valence electrons. The molecule has 14 heavy (non-hydrogen) atoms. The minimum atomic E-state index is 0.346. The van der Waals surface area contributed by atoms with Crippen molar-refractivity contribution in [3.8, 4) is 0 Å². The maximum absolute atomic E-state index is 6.07. The predicted molar refractivity (Wildman–Crippen MR) is 63.7 cm³/mol. The number of benzene rings is 1. The second kappa shape index (κ2) is 3.84. The molecule has 1 aromatic rings. The highest BCUT2D eigenvalue weighted by Crippen LogP contribution is 2.51. The molecule has 0 heterocycles. The molecule has 1 saturated carbocycles. The summed E-state index contributed by atoms with van der Waals surface area (Å²) in [5, 5.41) is 0.797. The Labute approximate surface area is 97.8 Å². The van der Waals surface area contributed by atoms with E-state index in [1.165, 1.54) is 18.4 Å². The third kappa shape index (κ3) is 1.83. The number of nitrogens with two attached hydrogens (primary N) is 1. The zero-order valence-electron chi connectivity index (χ0n) is 7.89. The van der Waals surface area contributed by atoms with Crippen molar-refractivity contribution in [1.82, 2.24) is 0 Å². The SMILES string of the molecule is NCCC1(c2ccc(Br)c(Cl)c2)CC1. The summed E-state index contributed by atoms with van der Waals surface area (Å²) >= 11 is 9.47. The van der Waals surface area contributed by atoms with Crippen LogP contribution in [0, 0.1) is 0 Å². The number of rotatable bonds is 3. The van der Waals surface area contributed by atoms with Gasteiger partial charge in [0.1, 0.15) is 0 Å². The third-order valence-corrected chi connectivity index (χ3v) is 4.24. The van der Waals surface area contributed by atoms with Crippen molar-refractivity contribution in [3.05, 3.63) is 33.3 Å².